The predicted molar refractivity (Wildman–Crippen MR) is 55.0 cm³/mol. The summed E-state index contributed by atoms with van der Waals surface area (Å²) in [5.41, 5.74) is 0. The third kappa shape index (κ3) is 2.39. The lowest BCUT2D eigenvalue weighted by atomic mass is 9.96. The van der Waals surface area contributed by atoms with E-state index >= 15 is 0 Å². The highest BCUT2D eigenvalue weighted by Gasteiger charge is 2.32. The molecule has 1 fully saturated rings. The van der Waals surface area contributed by atoms with Crippen molar-refractivity contribution in [1.82, 2.24) is 4.90 Å². The highest BCUT2D eigenvalue weighted by atomic mass is 32.2. The van der Waals surface area contributed by atoms with Crippen LogP contribution in [0.4, 0.5) is 4.79 Å². The SMILES string of the molecule is CSC(=N)C1CN(C(=O)O)CCC1O. The zero-order valence-corrected chi connectivity index (χ0v) is 8.75. The average Bonchev–Trinajstić information content (AvgIpc) is 2.17. The van der Waals surface area contributed by atoms with Gasteiger partial charge in [0.05, 0.1) is 17.1 Å². The molecule has 2 atom stereocenters. The smallest absolute Gasteiger partial charge is 0.407 e. The van der Waals surface area contributed by atoms with Gasteiger partial charge in [-0.05, 0) is 12.7 Å². The molecule has 0 aromatic heterocycles. The molecule has 0 spiro atoms. The van der Waals surface area contributed by atoms with Crippen molar-refractivity contribution in [2.24, 2.45) is 5.92 Å². The minimum atomic E-state index is -0.976. The lowest BCUT2D eigenvalue weighted by Gasteiger charge is -2.34. The topological polar surface area (TPSA) is 84.6 Å². The number of nitrogens with zero attached hydrogens (tertiary/aromatic N) is 1. The molecule has 14 heavy (non-hydrogen) atoms. The summed E-state index contributed by atoms with van der Waals surface area (Å²) in [6, 6.07) is 0. The van der Waals surface area contributed by atoms with Crippen LogP contribution in [0, 0.1) is 11.3 Å². The second-order valence-electron chi connectivity index (χ2n) is 3.26. The van der Waals surface area contributed by atoms with Crippen molar-refractivity contribution in [2.75, 3.05) is 19.3 Å². The Labute approximate surface area is 86.6 Å². The van der Waals surface area contributed by atoms with E-state index in [2.05, 4.69) is 0 Å². The zero-order chi connectivity index (χ0) is 10.7. The van der Waals surface area contributed by atoms with Gasteiger partial charge in [-0.15, -0.1) is 11.8 Å². The number of piperidine rings is 1. The van der Waals surface area contributed by atoms with E-state index in [9.17, 15) is 9.90 Å². The molecule has 3 N–H and O–H groups in total. The van der Waals surface area contributed by atoms with E-state index in [0.717, 1.165) is 0 Å². The number of aliphatic hydroxyl groups excluding tert-OH is 1. The van der Waals surface area contributed by atoms with E-state index in [1.165, 1.54) is 16.7 Å². The van der Waals surface area contributed by atoms with Gasteiger partial charge in [-0.1, -0.05) is 0 Å². The maximum atomic E-state index is 10.7. The molecule has 2 unspecified atom stereocenters. The standard InChI is InChI=1S/C8H14N2O3S/c1-14-7(9)5-4-10(8(12)13)3-2-6(5)11/h5-6,9,11H,2-4H2,1H3,(H,12,13). The fourth-order valence-corrected chi connectivity index (χ4v) is 2.06. The molecule has 0 aromatic rings. The molecule has 1 rings (SSSR count). The highest BCUT2D eigenvalue weighted by molar-refractivity contribution is 8.13. The van der Waals surface area contributed by atoms with E-state index in [1.807, 2.05) is 0 Å². The molecule has 80 valence electrons. The molecule has 0 saturated carbocycles. The van der Waals surface area contributed by atoms with Crippen molar-refractivity contribution >= 4 is 22.9 Å². The first-order chi connectivity index (χ1) is 6.56. The number of nitrogens with one attached hydrogen (secondary N) is 1. The third-order valence-corrected chi connectivity index (χ3v) is 3.15. The van der Waals surface area contributed by atoms with Crippen molar-refractivity contribution in [3.63, 3.8) is 0 Å². The minimum absolute atomic E-state index is 0.232. The summed E-state index contributed by atoms with van der Waals surface area (Å²) in [6.07, 6.45) is 0.621. The van der Waals surface area contributed by atoms with Gasteiger partial charge in [0, 0.05) is 13.1 Å². The molecule has 0 bridgehead atoms. The number of thioether (sulfide) groups is 1. The van der Waals surface area contributed by atoms with Crippen LogP contribution in [0.15, 0.2) is 0 Å². The summed E-state index contributed by atoms with van der Waals surface area (Å²) in [6.45, 7) is 0.588. The Morgan fingerprint density at radius 3 is 2.79 bits per heavy atom. The van der Waals surface area contributed by atoms with E-state index in [4.69, 9.17) is 10.5 Å². The Morgan fingerprint density at radius 2 is 2.29 bits per heavy atom. The number of hydrogen-bond donors (Lipinski definition) is 3. The molecule has 0 aliphatic carbocycles. The molecule has 0 aromatic carbocycles. The van der Waals surface area contributed by atoms with Crippen LogP contribution in [0.3, 0.4) is 0 Å². The molecule has 1 aliphatic heterocycles. The fourth-order valence-electron chi connectivity index (χ4n) is 1.52. The van der Waals surface area contributed by atoms with Gasteiger partial charge in [-0.2, -0.15) is 0 Å². The van der Waals surface area contributed by atoms with Crippen LogP contribution in [-0.4, -0.2) is 51.7 Å². The maximum Gasteiger partial charge on any atom is 0.407 e. The van der Waals surface area contributed by atoms with E-state index in [-0.39, 0.29) is 12.5 Å². The van der Waals surface area contributed by atoms with Crippen molar-refractivity contribution < 1.29 is 15.0 Å². The van der Waals surface area contributed by atoms with E-state index in [1.54, 1.807) is 6.26 Å². The lowest BCUT2D eigenvalue weighted by Crippen LogP contribution is -2.47. The summed E-state index contributed by atoms with van der Waals surface area (Å²) in [5, 5.41) is 26.3. The van der Waals surface area contributed by atoms with Gasteiger partial charge in [0.15, 0.2) is 0 Å². The maximum absolute atomic E-state index is 10.7. The van der Waals surface area contributed by atoms with Crippen LogP contribution in [0.2, 0.25) is 0 Å². The van der Waals surface area contributed by atoms with Crippen molar-refractivity contribution in [3.05, 3.63) is 0 Å². The van der Waals surface area contributed by atoms with Gasteiger partial charge in [0.25, 0.3) is 0 Å². The predicted octanol–water partition coefficient (Wildman–Crippen LogP) is 0.687. The summed E-state index contributed by atoms with van der Waals surface area (Å²) >= 11 is 1.25. The normalized spacial score (nSPS) is 27.4. The number of carbonyl (C=O) groups is 1. The number of hydrogen-bond acceptors (Lipinski definition) is 4. The van der Waals surface area contributed by atoms with Crippen LogP contribution in [0.1, 0.15) is 6.42 Å². The first-order valence-corrected chi connectivity index (χ1v) is 5.57. The summed E-state index contributed by atoms with van der Waals surface area (Å²) < 4.78 is 0. The monoisotopic (exact) mass is 218 g/mol. The number of aliphatic hydroxyl groups is 1. The van der Waals surface area contributed by atoms with Crippen molar-refractivity contribution in [2.45, 2.75) is 12.5 Å². The highest BCUT2D eigenvalue weighted by Crippen LogP contribution is 2.22. The van der Waals surface area contributed by atoms with Crippen LogP contribution in [-0.2, 0) is 0 Å². The minimum Gasteiger partial charge on any atom is -0.465 e. The first kappa shape index (κ1) is 11.3. The second-order valence-corrected chi connectivity index (χ2v) is 4.11. The first-order valence-electron chi connectivity index (χ1n) is 4.34. The Bertz CT molecular complexity index is 247. The summed E-state index contributed by atoms with van der Waals surface area (Å²) in [5.74, 6) is -0.352. The molecule has 6 heteroatoms. The number of carboxylic acid groups (broad SMARTS) is 1. The Balaban J connectivity index is 2.64. The van der Waals surface area contributed by atoms with Crippen molar-refractivity contribution in [1.29, 1.82) is 5.41 Å². The van der Waals surface area contributed by atoms with Gasteiger partial charge >= 0.3 is 6.09 Å². The molecular weight excluding hydrogens is 204 g/mol. The Morgan fingerprint density at radius 1 is 1.64 bits per heavy atom. The zero-order valence-electron chi connectivity index (χ0n) is 7.93. The van der Waals surface area contributed by atoms with Crippen LogP contribution < -0.4 is 0 Å². The molecule has 1 heterocycles. The van der Waals surface area contributed by atoms with Gasteiger partial charge in [0.1, 0.15) is 0 Å². The van der Waals surface area contributed by atoms with Crippen molar-refractivity contribution in [3.8, 4) is 0 Å². The van der Waals surface area contributed by atoms with E-state index < -0.39 is 12.2 Å². The second kappa shape index (κ2) is 4.65. The third-order valence-electron chi connectivity index (χ3n) is 2.40. The largest absolute Gasteiger partial charge is 0.465 e. The number of rotatable bonds is 1. The van der Waals surface area contributed by atoms with Crippen LogP contribution in [0.5, 0.6) is 0 Å². The van der Waals surface area contributed by atoms with E-state index in [0.29, 0.717) is 18.0 Å². The molecule has 5 nitrogen and oxygen atoms in total. The molecular formula is C8H14N2O3S. The van der Waals surface area contributed by atoms with Gasteiger partial charge in [-0.25, -0.2) is 4.79 Å². The van der Waals surface area contributed by atoms with Crippen LogP contribution >= 0.6 is 11.8 Å². The number of likely N-dealkylation sites (tertiary alicyclic amines) is 1. The molecule has 1 saturated heterocycles. The Kier molecular flexibility index (Phi) is 3.77. The average molecular weight is 218 g/mol. The lowest BCUT2D eigenvalue weighted by molar-refractivity contribution is 0.0553. The molecule has 1 aliphatic rings. The Hall–Kier alpha value is -0.750. The quantitative estimate of drug-likeness (QED) is 0.446. The van der Waals surface area contributed by atoms with Gasteiger partial charge < -0.3 is 15.1 Å². The van der Waals surface area contributed by atoms with Crippen LogP contribution in [0.25, 0.3) is 0 Å². The van der Waals surface area contributed by atoms with Gasteiger partial charge in [0.2, 0.25) is 0 Å². The number of amides is 1. The molecule has 1 amide bonds. The molecule has 0 radical (unpaired) electrons. The summed E-state index contributed by atoms with van der Waals surface area (Å²) in [7, 11) is 0. The summed E-state index contributed by atoms with van der Waals surface area (Å²) in [4.78, 5) is 11.9. The fraction of sp³-hybridized carbons (Fsp3) is 0.750. The van der Waals surface area contributed by atoms with Gasteiger partial charge in [-0.3, -0.25) is 5.41 Å².